The number of carbonyl (C=O) groups is 1. The molecule has 0 aromatic heterocycles. The highest BCUT2D eigenvalue weighted by atomic mass is 32.2. The highest BCUT2D eigenvalue weighted by Gasteiger charge is 2.25. The first-order valence-corrected chi connectivity index (χ1v) is 9.44. The molecule has 21 heavy (non-hydrogen) atoms. The summed E-state index contributed by atoms with van der Waals surface area (Å²) in [7, 11) is 0. The zero-order valence-electron chi connectivity index (χ0n) is 14.2. The molecule has 124 valence electrons. The Labute approximate surface area is 134 Å². The van der Waals surface area contributed by atoms with E-state index in [0.717, 1.165) is 25.7 Å². The Kier molecular flexibility index (Phi) is 7.88. The second kappa shape index (κ2) is 8.89. The van der Waals surface area contributed by atoms with E-state index in [2.05, 4.69) is 23.8 Å². The van der Waals surface area contributed by atoms with Crippen molar-refractivity contribution in [3.05, 3.63) is 0 Å². The number of amides is 1. The fraction of sp³-hybridized carbons (Fsp3) is 0.938. The third-order valence-electron chi connectivity index (χ3n) is 3.72. The Morgan fingerprint density at radius 2 is 1.81 bits per heavy atom. The van der Waals surface area contributed by atoms with E-state index in [4.69, 9.17) is 4.74 Å². The van der Waals surface area contributed by atoms with Crippen LogP contribution >= 0.6 is 11.8 Å². The first-order valence-electron chi connectivity index (χ1n) is 8.04. The summed E-state index contributed by atoms with van der Waals surface area (Å²) in [5.41, 5.74) is -0.421. The molecule has 1 amide bonds. The maximum absolute atomic E-state index is 11.8. The molecule has 5 heteroatoms. The molecule has 0 radical (unpaired) electrons. The number of alkyl carbamates (subject to hydrolysis) is 1. The Morgan fingerprint density at radius 3 is 2.33 bits per heavy atom. The third kappa shape index (κ3) is 8.57. The van der Waals surface area contributed by atoms with E-state index in [0.29, 0.717) is 12.1 Å². The molecule has 0 heterocycles. The zero-order chi connectivity index (χ0) is 15.9. The fourth-order valence-electron chi connectivity index (χ4n) is 2.66. The molecule has 1 rings (SSSR count). The van der Waals surface area contributed by atoms with E-state index in [1.165, 1.54) is 12.2 Å². The monoisotopic (exact) mass is 316 g/mol. The minimum atomic E-state index is -0.421. The Balaban J connectivity index is 2.21. The van der Waals surface area contributed by atoms with Gasteiger partial charge in [0, 0.05) is 18.1 Å². The molecular formula is C16H32N2O2S. The van der Waals surface area contributed by atoms with Crippen molar-refractivity contribution in [3.63, 3.8) is 0 Å². The van der Waals surface area contributed by atoms with Gasteiger partial charge in [-0.1, -0.05) is 0 Å². The molecule has 0 spiro atoms. The summed E-state index contributed by atoms with van der Waals surface area (Å²) in [6, 6.07) is 1.44. The van der Waals surface area contributed by atoms with Crippen LogP contribution in [0.15, 0.2) is 0 Å². The van der Waals surface area contributed by atoms with Crippen molar-refractivity contribution in [2.45, 2.75) is 83.5 Å². The Bertz CT molecular complexity index is 310. The van der Waals surface area contributed by atoms with Crippen LogP contribution in [0.5, 0.6) is 0 Å². The molecule has 1 fully saturated rings. The van der Waals surface area contributed by atoms with Crippen molar-refractivity contribution in [3.8, 4) is 0 Å². The van der Waals surface area contributed by atoms with Crippen LogP contribution in [0.3, 0.4) is 0 Å². The summed E-state index contributed by atoms with van der Waals surface area (Å²) in [5.74, 6) is 1.21. The molecular weight excluding hydrogens is 284 g/mol. The lowest BCUT2D eigenvalue weighted by Gasteiger charge is -2.32. The van der Waals surface area contributed by atoms with E-state index in [1.807, 2.05) is 32.5 Å². The molecule has 0 aliphatic heterocycles. The topological polar surface area (TPSA) is 50.4 Å². The number of carbonyl (C=O) groups excluding carboxylic acids is 1. The van der Waals surface area contributed by atoms with E-state index in [1.54, 1.807) is 0 Å². The summed E-state index contributed by atoms with van der Waals surface area (Å²) >= 11 is 1.90. The van der Waals surface area contributed by atoms with Gasteiger partial charge < -0.3 is 15.4 Å². The summed E-state index contributed by atoms with van der Waals surface area (Å²) in [6.45, 7) is 7.94. The summed E-state index contributed by atoms with van der Waals surface area (Å²) in [4.78, 5) is 11.8. The smallest absolute Gasteiger partial charge is 0.407 e. The summed E-state index contributed by atoms with van der Waals surface area (Å²) < 4.78 is 5.31. The summed E-state index contributed by atoms with van der Waals surface area (Å²) in [5, 5.41) is 6.70. The number of ether oxygens (including phenoxy) is 1. The van der Waals surface area contributed by atoms with Crippen molar-refractivity contribution < 1.29 is 9.53 Å². The van der Waals surface area contributed by atoms with Crippen LogP contribution in [0.4, 0.5) is 4.79 Å². The molecule has 1 atom stereocenters. The molecule has 0 aromatic carbocycles. The number of nitrogens with one attached hydrogen (secondary N) is 2. The molecule has 1 aliphatic rings. The van der Waals surface area contributed by atoms with Crippen molar-refractivity contribution in [1.29, 1.82) is 0 Å². The van der Waals surface area contributed by atoms with Gasteiger partial charge in [0.2, 0.25) is 0 Å². The SMILES string of the molecule is CSCCC(C)NC1CCC(NC(=O)OC(C)(C)C)CC1. The van der Waals surface area contributed by atoms with Gasteiger partial charge in [-0.05, 0) is 71.8 Å². The lowest BCUT2D eigenvalue weighted by molar-refractivity contribution is 0.0489. The largest absolute Gasteiger partial charge is 0.444 e. The van der Waals surface area contributed by atoms with Gasteiger partial charge >= 0.3 is 6.09 Å². The predicted octanol–water partition coefficient (Wildman–Crippen LogP) is 3.55. The average Bonchev–Trinajstić information content (AvgIpc) is 2.36. The third-order valence-corrected chi connectivity index (χ3v) is 4.37. The molecule has 0 bridgehead atoms. The van der Waals surface area contributed by atoms with Gasteiger partial charge in [0.25, 0.3) is 0 Å². The molecule has 0 saturated heterocycles. The maximum atomic E-state index is 11.8. The molecule has 0 aromatic rings. The van der Waals surface area contributed by atoms with E-state index in [9.17, 15) is 4.79 Å². The number of hydrogen-bond donors (Lipinski definition) is 2. The quantitative estimate of drug-likeness (QED) is 0.787. The van der Waals surface area contributed by atoms with Crippen LogP contribution in [0.2, 0.25) is 0 Å². The van der Waals surface area contributed by atoms with Crippen molar-refractivity contribution >= 4 is 17.9 Å². The normalized spacial score (nSPS) is 24.4. The second-order valence-electron chi connectivity index (χ2n) is 7.04. The maximum Gasteiger partial charge on any atom is 0.407 e. The number of thioether (sulfide) groups is 1. The molecule has 2 N–H and O–H groups in total. The number of rotatable bonds is 6. The number of hydrogen-bond acceptors (Lipinski definition) is 4. The van der Waals surface area contributed by atoms with E-state index >= 15 is 0 Å². The standard InChI is InChI=1S/C16H32N2O2S/c1-12(10-11-21-5)17-13-6-8-14(9-7-13)18-15(19)20-16(2,3)4/h12-14,17H,6-11H2,1-5H3,(H,18,19). The first kappa shape index (κ1) is 18.6. The molecule has 1 aliphatic carbocycles. The predicted molar refractivity (Wildman–Crippen MR) is 91.0 cm³/mol. The minimum absolute atomic E-state index is 0.263. The van der Waals surface area contributed by atoms with Gasteiger partial charge in [0.1, 0.15) is 5.60 Å². The lowest BCUT2D eigenvalue weighted by Crippen LogP contribution is -2.45. The Morgan fingerprint density at radius 1 is 1.24 bits per heavy atom. The van der Waals surface area contributed by atoms with Crippen LogP contribution < -0.4 is 10.6 Å². The van der Waals surface area contributed by atoms with Gasteiger partial charge in [-0.15, -0.1) is 0 Å². The van der Waals surface area contributed by atoms with Gasteiger partial charge in [-0.2, -0.15) is 11.8 Å². The lowest BCUT2D eigenvalue weighted by atomic mass is 9.90. The molecule has 4 nitrogen and oxygen atoms in total. The van der Waals surface area contributed by atoms with Crippen LogP contribution in [0.1, 0.15) is 59.8 Å². The van der Waals surface area contributed by atoms with E-state index < -0.39 is 5.60 Å². The van der Waals surface area contributed by atoms with Gasteiger partial charge in [-0.25, -0.2) is 4.79 Å². The van der Waals surface area contributed by atoms with Crippen LogP contribution in [0.25, 0.3) is 0 Å². The van der Waals surface area contributed by atoms with Crippen molar-refractivity contribution in [2.75, 3.05) is 12.0 Å². The highest BCUT2D eigenvalue weighted by molar-refractivity contribution is 7.98. The van der Waals surface area contributed by atoms with Crippen LogP contribution in [0, 0.1) is 0 Å². The van der Waals surface area contributed by atoms with Crippen LogP contribution in [-0.2, 0) is 4.74 Å². The molecule has 1 saturated carbocycles. The summed E-state index contributed by atoms with van der Waals surface area (Å²) in [6.07, 6.45) is 7.41. The van der Waals surface area contributed by atoms with Gasteiger partial charge in [0.15, 0.2) is 0 Å². The van der Waals surface area contributed by atoms with Crippen LogP contribution in [-0.4, -0.2) is 41.8 Å². The highest BCUT2D eigenvalue weighted by Crippen LogP contribution is 2.20. The minimum Gasteiger partial charge on any atom is -0.444 e. The Hall–Kier alpha value is -0.420. The fourth-order valence-corrected chi connectivity index (χ4v) is 3.25. The average molecular weight is 317 g/mol. The van der Waals surface area contributed by atoms with Gasteiger partial charge in [-0.3, -0.25) is 0 Å². The molecule has 1 unspecified atom stereocenters. The zero-order valence-corrected chi connectivity index (χ0v) is 15.0. The van der Waals surface area contributed by atoms with Crippen molar-refractivity contribution in [1.82, 2.24) is 10.6 Å². The van der Waals surface area contributed by atoms with E-state index in [-0.39, 0.29) is 12.1 Å². The second-order valence-corrected chi connectivity index (χ2v) is 8.03. The van der Waals surface area contributed by atoms with Crippen molar-refractivity contribution in [2.24, 2.45) is 0 Å². The van der Waals surface area contributed by atoms with Gasteiger partial charge in [0.05, 0.1) is 0 Å². The first-order chi connectivity index (χ1) is 9.80.